The minimum atomic E-state index is -0.690. The molecule has 7 heteroatoms. The summed E-state index contributed by atoms with van der Waals surface area (Å²) in [7, 11) is 0. The van der Waals surface area contributed by atoms with E-state index in [0.717, 1.165) is 36.8 Å². The summed E-state index contributed by atoms with van der Waals surface area (Å²) in [5.41, 5.74) is 1.86. The van der Waals surface area contributed by atoms with Gasteiger partial charge in [0.25, 0.3) is 5.91 Å². The Kier molecular flexibility index (Phi) is 9.26. The maximum Gasteiger partial charge on any atom is 0.261 e. The lowest BCUT2D eigenvalue weighted by atomic mass is 10.0. The highest BCUT2D eigenvalue weighted by molar-refractivity contribution is 6.30. The van der Waals surface area contributed by atoms with Crippen LogP contribution in [0.1, 0.15) is 36.8 Å². The van der Waals surface area contributed by atoms with Crippen LogP contribution >= 0.6 is 23.2 Å². The van der Waals surface area contributed by atoms with E-state index >= 15 is 0 Å². The van der Waals surface area contributed by atoms with Gasteiger partial charge in [-0.1, -0.05) is 78.5 Å². The van der Waals surface area contributed by atoms with Gasteiger partial charge in [0, 0.05) is 29.1 Å². The van der Waals surface area contributed by atoms with E-state index in [1.807, 2.05) is 42.5 Å². The molecule has 188 valence electrons. The number of halogens is 2. The molecule has 1 aliphatic carbocycles. The molecule has 0 aliphatic heterocycles. The van der Waals surface area contributed by atoms with Gasteiger partial charge >= 0.3 is 0 Å². The number of carbonyl (C=O) groups excluding carboxylic acids is 2. The number of amides is 2. The fraction of sp³-hybridized carbons (Fsp3) is 0.310. The molecule has 0 radical (unpaired) electrons. The third-order valence-electron chi connectivity index (χ3n) is 6.41. The molecule has 1 N–H and O–H groups in total. The quantitative estimate of drug-likeness (QED) is 0.350. The summed E-state index contributed by atoms with van der Waals surface area (Å²) >= 11 is 12.0. The van der Waals surface area contributed by atoms with Crippen LogP contribution in [0.15, 0.2) is 78.9 Å². The number of benzene rings is 3. The van der Waals surface area contributed by atoms with E-state index in [0.29, 0.717) is 22.2 Å². The van der Waals surface area contributed by atoms with E-state index < -0.39 is 6.04 Å². The summed E-state index contributed by atoms with van der Waals surface area (Å²) in [6.45, 7) is 0.0623. The molecule has 2 amide bonds. The summed E-state index contributed by atoms with van der Waals surface area (Å²) in [4.78, 5) is 28.8. The second kappa shape index (κ2) is 12.8. The number of rotatable bonds is 10. The zero-order chi connectivity index (χ0) is 25.3. The molecular formula is C29H30Cl2N2O3. The zero-order valence-electron chi connectivity index (χ0n) is 20.0. The normalized spacial score (nSPS) is 14.3. The molecule has 3 aromatic carbocycles. The summed E-state index contributed by atoms with van der Waals surface area (Å²) in [5.74, 6) is 0.121. The van der Waals surface area contributed by atoms with E-state index in [4.69, 9.17) is 27.9 Å². The van der Waals surface area contributed by atoms with Gasteiger partial charge in [0.1, 0.15) is 11.8 Å². The maximum absolute atomic E-state index is 13.6. The lowest BCUT2D eigenvalue weighted by Crippen LogP contribution is -2.53. The van der Waals surface area contributed by atoms with Crippen molar-refractivity contribution < 1.29 is 14.3 Å². The van der Waals surface area contributed by atoms with Crippen molar-refractivity contribution in [3.8, 4) is 5.75 Å². The highest BCUT2D eigenvalue weighted by atomic mass is 35.5. The molecule has 0 unspecified atom stereocenters. The second-order valence-electron chi connectivity index (χ2n) is 9.09. The van der Waals surface area contributed by atoms with E-state index in [9.17, 15) is 9.59 Å². The summed E-state index contributed by atoms with van der Waals surface area (Å²) in [6, 6.07) is 23.4. The standard InChI is InChI=1S/C29H30Cl2N2O3/c30-23-12-10-22(11-13-23)19-33(28(34)20-36-26-16-14-24(31)15-17-26)27(18-21-6-2-1-3-7-21)29(35)32-25-8-4-5-9-25/h1-3,6-7,10-17,25,27H,4-5,8-9,18-20H2,(H,32,35)/t27-/m1/s1. The Balaban J connectivity index is 1.59. The Bertz CT molecular complexity index is 1130. The maximum atomic E-state index is 13.6. The van der Waals surface area contributed by atoms with Crippen LogP contribution in [0.2, 0.25) is 10.0 Å². The SMILES string of the molecule is O=C(NC1CCCC1)[C@@H](Cc1ccccc1)N(Cc1ccc(Cl)cc1)C(=O)COc1ccc(Cl)cc1. The van der Waals surface area contributed by atoms with Gasteiger partial charge in [-0.3, -0.25) is 9.59 Å². The van der Waals surface area contributed by atoms with E-state index in [-0.39, 0.29) is 31.0 Å². The van der Waals surface area contributed by atoms with Crippen LogP contribution < -0.4 is 10.1 Å². The lowest BCUT2D eigenvalue weighted by molar-refractivity contribution is -0.143. The van der Waals surface area contributed by atoms with Crippen molar-refractivity contribution in [2.24, 2.45) is 0 Å². The van der Waals surface area contributed by atoms with Crippen molar-refractivity contribution in [1.29, 1.82) is 0 Å². The molecule has 1 atom stereocenters. The minimum absolute atomic E-state index is 0.139. The number of hydrogen-bond donors (Lipinski definition) is 1. The average molecular weight is 525 g/mol. The van der Waals surface area contributed by atoms with E-state index in [1.54, 1.807) is 41.3 Å². The third-order valence-corrected chi connectivity index (χ3v) is 6.92. The molecule has 0 heterocycles. The Labute approximate surface area is 222 Å². The van der Waals surface area contributed by atoms with Crippen LogP contribution in [0.5, 0.6) is 5.75 Å². The van der Waals surface area contributed by atoms with Gasteiger partial charge in [-0.2, -0.15) is 0 Å². The van der Waals surface area contributed by atoms with E-state index in [2.05, 4.69) is 5.32 Å². The number of nitrogens with zero attached hydrogens (tertiary/aromatic N) is 1. The summed E-state index contributed by atoms with van der Waals surface area (Å²) < 4.78 is 5.77. The molecule has 1 aliphatic rings. The Hall–Kier alpha value is -3.02. The fourth-order valence-corrected chi connectivity index (χ4v) is 4.72. The highest BCUT2D eigenvalue weighted by Crippen LogP contribution is 2.21. The first kappa shape index (κ1) is 26.1. The zero-order valence-corrected chi connectivity index (χ0v) is 21.5. The monoisotopic (exact) mass is 524 g/mol. The Morgan fingerprint density at radius 3 is 2.11 bits per heavy atom. The first-order valence-corrected chi connectivity index (χ1v) is 13.0. The van der Waals surface area contributed by atoms with Gasteiger partial charge < -0.3 is 15.0 Å². The molecule has 5 nitrogen and oxygen atoms in total. The molecule has 0 spiro atoms. The molecule has 1 fully saturated rings. The third kappa shape index (κ3) is 7.49. The van der Waals surface area contributed by atoms with Crippen molar-refractivity contribution in [2.75, 3.05) is 6.61 Å². The molecule has 36 heavy (non-hydrogen) atoms. The van der Waals surface area contributed by atoms with Crippen LogP contribution in [-0.2, 0) is 22.6 Å². The van der Waals surface area contributed by atoms with Gasteiger partial charge in [-0.15, -0.1) is 0 Å². The number of carbonyl (C=O) groups is 2. The van der Waals surface area contributed by atoms with E-state index in [1.165, 1.54) is 0 Å². The number of ether oxygens (including phenoxy) is 1. The van der Waals surface area contributed by atoms with Crippen molar-refractivity contribution in [2.45, 2.75) is 50.7 Å². The van der Waals surface area contributed by atoms with Gasteiger partial charge in [0.05, 0.1) is 0 Å². The minimum Gasteiger partial charge on any atom is -0.484 e. The summed E-state index contributed by atoms with van der Waals surface area (Å²) in [5, 5.41) is 4.40. The lowest BCUT2D eigenvalue weighted by Gasteiger charge is -2.32. The fourth-order valence-electron chi connectivity index (χ4n) is 4.47. The van der Waals surface area contributed by atoms with Crippen LogP contribution in [0.25, 0.3) is 0 Å². The van der Waals surface area contributed by atoms with Crippen molar-refractivity contribution in [1.82, 2.24) is 10.2 Å². The van der Waals surface area contributed by atoms with Gasteiger partial charge in [-0.25, -0.2) is 0 Å². The topological polar surface area (TPSA) is 58.6 Å². The summed E-state index contributed by atoms with van der Waals surface area (Å²) in [6.07, 6.45) is 4.55. The molecule has 0 saturated heterocycles. The highest BCUT2D eigenvalue weighted by Gasteiger charge is 2.32. The second-order valence-corrected chi connectivity index (χ2v) is 9.96. The van der Waals surface area contributed by atoms with Crippen LogP contribution in [-0.4, -0.2) is 35.4 Å². The first-order chi connectivity index (χ1) is 17.5. The molecule has 3 aromatic rings. The smallest absolute Gasteiger partial charge is 0.261 e. The van der Waals surface area contributed by atoms with Gasteiger partial charge in [0.2, 0.25) is 5.91 Å². The Morgan fingerprint density at radius 2 is 1.47 bits per heavy atom. The van der Waals surface area contributed by atoms with Gasteiger partial charge in [0.15, 0.2) is 6.61 Å². The van der Waals surface area contributed by atoms with Crippen LogP contribution in [0, 0.1) is 0 Å². The predicted molar refractivity (Wildman–Crippen MR) is 143 cm³/mol. The molecule has 4 rings (SSSR count). The van der Waals surface area contributed by atoms with Crippen molar-refractivity contribution >= 4 is 35.0 Å². The number of hydrogen-bond acceptors (Lipinski definition) is 3. The van der Waals surface area contributed by atoms with Crippen molar-refractivity contribution in [3.05, 3.63) is 100 Å². The van der Waals surface area contributed by atoms with Crippen LogP contribution in [0.4, 0.5) is 0 Å². The van der Waals surface area contributed by atoms with Gasteiger partial charge in [-0.05, 0) is 60.4 Å². The Morgan fingerprint density at radius 1 is 0.861 bits per heavy atom. The largest absolute Gasteiger partial charge is 0.484 e. The predicted octanol–water partition coefficient (Wildman–Crippen LogP) is 6.07. The number of nitrogens with one attached hydrogen (secondary N) is 1. The van der Waals surface area contributed by atoms with Crippen molar-refractivity contribution in [3.63, 3.8) is 0 Å². The molecular weight excluding hydrogens is 495 g/mol. The average Bonchev–Trinajstić information content (AvgIpc) is 3.40. The molecule has 0 aromatic heterocycles. The molecule has 0 bridgehead atoms. The molecule has 1 saturated carbocycles. The first-order valence-electron chi connectivity index (χ1n) is 12.2. The van der Waals surface area contributed by atoms with Crippen LogP contribution in [0.3, 0.4) is 0 Å².